The van der Waals surface area contributed by atoms with Crippen molar-refractivity contribution in [1.82, 2.24) is 0 Å². The van der Waals surface area contributed by atoms with Crippen LogP contribution >= 0.6 is 23.2 Å². The van der Waals surface area contributed by atoms with E-state index in [0.29, 0.717) is 0 Å². The van der Waals surface area contributed by atoms with Crippen molar-refractivity contribution in [1.29, 1.82) is 0 Å². The van der Waals surface area contributed by atoms with Gasteiger partial charge in [0.1, 0.15) is 7.05 Å². The van der Waals surface area contributed by atoms with Gasteiger partial charge in [0.2, 0.25) is 0 Å². The first-order valence-corrected chi connectivity index (χ1v) is 11.5. The number of rotatable bonds is 4. The van der Waals surface area contributed by atoms with E-state index in [0.717, 1.165) is 43.4 Å². The zero-order valence-corrected chi connectivity index (χ0v) is 19.7. The molecule has 0 bridgehead atoms. The third kappa shape index (κ3) is 4.57. The molecular formula is C30H22Cl2N+. The van der Waals surface area contributed by atoms with Crippen molar-refractivity contribution in [2.45, 2.75) is 0 Å². The number of hydrogen-bond acceptors (Lipinski definition) is 0. The SMILES string of the molecule is C[n+]1ccc(-c2c(-c3ccc(Cl)cc3)cc(-c3ccccc3)cc2-c2ccc(Cl)cc2)cc1. The lowest BCUT2D eigenvalue weighted by molar-refractivity contribution is -0.671. The standard InChI is InChI=1S/C30H22Cl2N/c1-33-17-15-24(16-18-33)30-28(22-7-11-26(31)12-8-22)19-25(21-5-3-2-4-6-21)20-29(30)23-9-13-27(32)14-10-23/h2-20H,1H3/q+1. The normalized spacial score (nSPS) is 10.9. The van der Waals surface area contributed by atoms with Gasteiger partial charge in [-0.05, 0) is 80.9 Å². The molecule has 33 heavy (non-hydrogen) atoms. The van der Waals surface area contributed by atoms with Crippen LogP contribution in [0.25, 0.3) is 44.5 Å². The van der Waals surface area contributed by atoms with Gasteiger partial charge in [-0.3, -0.25) is 0 Å². The Labute approximate surface area is 204 Å². The molecule has 0 N–H and O–H groups in total. The van der Waals surface area contributed by atoms with E-state index in [1.807, 2.05) is 41.9 Å². The highest BCUT2D eigenvalue weighted by Gasteiger charge is 2.18. The number of pyridine rings is 1. The molecule has 5 rings (SSSR count). The van der Waals surface area contributed by atoms with E-state index < -0.39 is 0 Å². The maximum absolute atomic E-state index is 6.23. The molecule has 1 nitrogen and oxygen atoms in total. The third-order valence-corrected chi connectivity index (χ3v) is 6.33. The summed E-state index contributed by atoms with van der Waals surface area (Å²) < 4.78 is 2.05. The minimum absolute atomic E-state index is 0.726. The van der Waals surface area contributed by atoms with E-state index >= 15 is 0 Å². The maximum atomic E-state index is 6.23. The van der Waals surface area contributed by atoms with Gasteiger partial charge in [0.05, 0.1) is 0 Å². The van der Waals surface area contributed by atoms with Crippen LogP contribution < -0.4 is 4.57 Å². The monoisotopic (exact) mass is 466 g/mol. The summed E-state index contributed by atoms with van der Waals surface area (Å²) >= 11 is 12.5. The predicted molar refractivity (Wildman–Crippen MR) is 139 cm³/mol. The van der Waals surface area contributed by atoms with Crippen molar-refractivity contribution < 1.29 is 4.57 Å². The van der Waals surface area contributed by atoms with Gasteiger partial charge in [-0.25, -0.2) is 4.57 Å². The zero-order valence-electron chi connectivity index (χ0n) is 18.2. The van der Waals surface area contributed by atoms with Crippen LogP contribution in [0.4, 0.5) is 0 Å². The van der Waals surface area contributed by atoms with E-state index in [2.05, 4.69) is 85.2 Å². The molecule has 0 saturated heterocycles. The van der Waals surface area contributed by atoms with Gasteiger partial charge < -0.3 is 0 Å². The molecule has 0 radical (unpaired) electrons. The Morgan fingerprint density at radius 3 is 1.45 bits per heavy atom. The number of hydrogen-bond donors (Lipinski definition) is 0. The van der Waals surface area contributed by atoms with Crippen LogP contribution in [-0.2, 0) is 7.05 Å². The number of nitrogens with zero attached hydrogens (tertiary/aromatic N) is 1. The van der Waals surface area contributed by atoms with E-state index in [1.165, 1.54) is 11.1 Å². The number of benzene rings is 4. The Kier molecular flexibility index (Phi) is 6.00. The summed E-state index contributed by atoms with van der Waals surface area (Å²) in [6, 6.07) is 35.5. The van der Waals surface area contributed by atoms with Crippen molar-refractivity contribution in [3.05, 3.63) is 126 Å². The molecule has 0 unspecified atom stereocenters. The summed E-state index contributed by atoms with van der Waals surface area (Å²) in [6.45, 7) is 0. The maximum Gasteiger partial charge on any atom is 0.169 e. The summed E-state index contributed by atoms with van der Waals surface area (Å²) in [5.74, 6) is 0. The highest BCUT2D eigenvalue weighted by atomic mass is 35.5. The predicted octanol–water partition coefficient (Wildman–Crippen LogP) is 8.49. The second-order valence-corrected chi connectivity index (χ2v) is 8.95. The quantitative estimate of drug-likeness (QED) is 0.233. The third-order valence-electron chi connectivity index (χ3n) is 5.82. The van der Waals surface area contributed by atoms with Crippen LogP contribution in [0.1, 0.15) is 0 Å². The molecule has 0 aliphatic carbocycles. The lowest BCUT2D eigenvalue weighted by Crippen LogP contribution is -2.25. The van der Waals surface area contributed by atoms with Crippen LogP contribution in [0.5, 0.6) is 0 Å². The summed E-state index contributed by atoms with van der Waals surface area (Å²) in [7, 11) is 2.03. The molecule has 0 aliphatic rings. The van der Waals surface area contributed by atoms with Gasteiger partial charge in [-0.15, -0.1) is 0 Å². The van der Waals surface area contributed by atoms with Crippen molar-refractivity contribution in [2.24, 2.45) is 7.05 Å². The molecule has 4 aromatic carbocycles. The molecule has 1 heterocycles. The first-order valence-electron chi connectivity index (χ1n) is 10.8. The minimum Gasteiger partial charge on any atom is -0.208 e. The molecule has 0 saturated carbocycles. The highest BCUT2D eigenvalue weighted by molar-refractivity contribution is 6.31. The number of aryl methyl sites for hydroxylation is 1. The van der Waals surface area contributed by atoms with Crippen LogP contribution in [0.3, 0.4) is 0 Å². The van der Waals surface area contributed by atoms with Crippen LogP contribution in [0.2, 0.25) is 10.0 Å². The van der Waals surface area contributed by atoms with E-state index in [9.17, 15) is 0 Å². The van der Waals surface area contributed by atoms with Gasteiger partial charge in [-0.1, -0.05) is 77.8 Å². The van der Waals surface area contributed by atoms with Gasteiger partial charge in [0, 0.05) is 22.2 Å². The van der Waals surface area contributed by atoms with E-state index in [-0.39, 0.29) is 0 Å². The molecule has 160 valence electrons. The smallest absolute Gasteiger partial charge is 0.169 e. The molecule has 3 heteroatoms. The summed E-state index contributed by atoms with van der Waals surface area (Å²) in [5, 5.41) is 1.45. The molecule has 0 amide bonds. The molecule has 5 aromatic rings. The highest BCUT2D eigenvalue weighted by Crippen LogP contribution is 2.43. The Morgan fingerprint density at radius 1 is 0.485 bits per heavy atom. The Balaban J connectivity index is 1.86. The average molecular weight is 467 g/mol. The van der Waals surface area contributed by atoms with Gasteiger partial charge in [0.15, 0.2) is 12.4 Å². The lowest BCUT2D eigenvalue weighted by Gasteiger charge is -2.19. The fraction of sp³-hybridized carbons (Fsp3) is 0.0333. The van der Waals surface area contributed by atoms with Gasteiger partial charge in [0.25, 0.3) is 0 Å². The van der Waals surface area contributed by atoms with E-state index in [4.69, 9.17) is 23.2 Å². The Morgan fingerprint density at radius 2 is 0.970 bits per heavy atom. The van der Waals surface area contributed by atoms with Gasteiger partial charge >= 0.3 is 0 Å². The summed E-state index contributed by atoms with van der Waals surface area (Å²) in [5.41, 5.74) is 9.23. The summed E-state index contributed by atoms with van der Waals surface area (Å²) in [4.78, 5) is 0. The average Bonchev–Trinajstić information content (AvgIpc) is 2.85. The van der Waals surface area contributed by atoms with Crippen molar-refractivity contribution in [2.75, 3.05) is 0 Å². The second kappa shape index (κ2) is 9.23. The Bertz CT molecular complexity index is 1320. The topological polar surface area (TPSA) is 3.88 Å². The van der Waals surface area contributed by atoms with Gasteiger partial charge in [-0.2, -0.15) is 0 Å². The zero-order chi connectivity index (χ0) is 22.8. The summed E-state index contributed by atoms with van der Waals surface area (Å²) in [6.07, 6.45) is 4.16. The fourth-order valence-electron chi connectivity index (χ4n) is 4.13. The first kappa shape index (κ1) is 21.5. The van der Waals surface area contributed by atoms with Crippen LogP contribution in [-0.4, -0.2) is 0 Å². The molecule has 1 aromatic heterocycles. The van der Waals surface area contributed by atoms with Crippen molar-refractivity contribution in [3.63, 3.8) is 0 Å². The lowest BCUT2D eigenvalue weighted by atomic mass is 9.85. The first-order chi connectivity index (χ1) is 16.1. The molecule has 0 spiro atoms. The van der Waals surface area contributed by atoms with E-state index in [1.54, 1.807) is 0 Å². The minimum atomic E-state index is 0.726. The number of halogens is 2. The van der Waals surface area contributed by atoms with Crippen LogP contribution in [0, 0.1) is 0 Å². The molecule has 0 fully saturated rings. The Hall–Kier alpha value is -3.39. The van der Waals surface area contributed by atoms with Crippen molar-refractivity contribution >= 4 is 23.2 Å². The largest absolute Gasteiger partial charge is 0.208 e. The molecular weight excluding hydrogens is 445 g/mol. The second-order valence-electron chi connectivity index (χ2n) is 8.08. The molecule has 0 aliphatic heterocycles. The fourth-order valence-corrected chi connectivity index (χ4v) is 4.38. The van der Waals surface area contributed by atoms with Crippen LogP contribution in [0.15, 0.2) is 116 Å². The molecule has 0 atom stereocenters. The number of aromatic nitrogens is 1. The van der Waals surface area contributed by atoms with Crippen molar-refractivity contribution in [3.8, 4) is 44.5 Å².